The number of aliphatic imine (C=N–C) groups is 1. The summed E-state index contributed by atoms with van der Waals surface area (Å²) >= 11 is 0. The molecular weight excluding hydrogens is 409 g/mol. The molecule has 1 atom stereocenters. The molecule has 0 aliphatic rings. The first-order valence-electron chi connectivity index (χ1n) is 11.6. The molecule has 1 unspecified atom stereocenters. The van der Waals surface area contributed by atoms with Crippen molar-refractivity contribution in [3.8, 4) is 5.75 Å². The predicted octanol–water partition coefficient (Wildman–Crippen LogP) is 7.50. The summed E-state index contributed by atoms with van der Waals surface area (Å²) < 4.78 is 6.37. The maximum absolute atomic E-state index is 6.37. The summed E-state index contributed by atoms with van der Waals surface area (Å²) in [6.07, 6.45) is 4.16. The summed E-state index contributed by atoms with van der Waals surface area (Å²) in [4.78, 5) is 4.78. The zero-order valence-electron chi connectivity index (χ0n) is 20.1. The Morgan fingerprint density at radius 1 is 0.812 bits per heavy atom. The molecular formula is C29H36NOP. The lowest BCUT2D eigenvalue weighted by Gasteiger charge is -2.34. The average molecular weight is 446 g/mol. The van der Waals surface area contributed by atoms with E-state index in [2.05, 4.69) is 114 Å². The molecule has 0 amide bonds. The molecule has 3 heteroatoms. The van der Waals surface area contributed by atoms with Crippen LogP contribution in [0.4, 0.5) is 0 Å². The van der Waals surface area contributed by atoms with Crippen molar-refractivity contribution in [3.63, 3.8) is 0 Å². The second-order valence-corrected chi connectivity index (χ2v) is 10.9. The third kappa shape index (κ3) is 6.30. The Balaban J connectivity index is 1.94. The van der Waals surface area contributed by atoms with Crippen molar-refractivity contribution in [3.05, 3.63) is 95.6 Å². The normalized spacial score (nSPS) is 12.7. The van der Waals surface area contributed by atoms with E-state index in [4.69, 9.17) is 9.73 Å². The number of nitrogens with zero attached hydrogens (tertiary/aromatic N) is 1. The lowest BCUT2D eigenvalue weighted by atomic mass is 9.92. The maximum Gasteiger partial charge on any atom is 0.123 e. The van der Waals surface area contributed by atoms with Crippen LogP contribution in [0.3, 0.4) is 0 Å². The number of rotatable bonds is 9. The van der Waals surface area contributed by atoms with E-state index in [0.717, 1.165) is 18.6 Å². The first kappa shape index (κ1) is 24.2. The molecule has 3 aromatic carbocycles. The van der Waals surface area contributed by atoms with Gasteiger partial charge in [0.1, 0.15) is 12.4 Å². The van der Waals surface area contributed by atoms with Crippen LogP contribution in [-0.4, -0.2) is 11.8 Å². The van der Waals surface area contributed by atoms with Gasteiger partial charge >= 0.3 is 0 Å². The summed E-state index contributed by atoms with van der Waals surface area (Å²) in [7, 11) is 0.632. The van der Waals surface area contributed by atoms with Gasteiger partial charge in [-0.05, 0) is 56.1 Å². The SMILES string of the molecule is CCC(CC)(Pc1ccccc1C=NC(C)(C)C)c1ccccc1OCc1ccccc1. The van der Waals surface area contributed by atoms with Gasteiger partial charge in [-0.15, -0.1) is 0 Å². The van der Waals surface area contributed by atoms with Crippen LogP contribution in [0.15, 0.2) is 83.9 Å². The highest BCUT2D eigenvalue weighted by atomic mass is 31.1. The molecule has 2 nitrogen and oxygen atoms in total. The minimum atomic E-state index is -0.0826. The maximum atomic E-state index is 6.37. The Hall–Kier alpha value is -2.44. The van der Waals surface area contributed by atoms with Crippen molar-refractivity contribution in [2.45, 2.75) is 64.8 Å². The van der Waals surface area contributed by atoms with Crippen molar-refractivity contribution >= 4 is 20.1 Å². The lowest BCUT2D eigenvalue weighted by Crippen LogP contribution is -2.24. The zero-order chi connectivity index (χ0) is 23.0. The van der Waals surface area contributed by atoms with Crippen LogP contribution in [0.2, 0.25) is 0 Å². The molecule has 3 aromatic rings. The highest BCUT2D eigenvalue weighted by molar-refractivity contribution is 7.48. The Morgan fingerprint density at radius 2 is 1.44 bits per heavy atom. The quantitative estimate of drug-likeness (QED) is 0.247. The number of hydrogen-bond donors (Lipinski definition) is 0. The van der Waals surface area contributed by atoms with Gasteiger partial charge in [-0.1, -0.05) is 95.2 Å². The molecule has 0 radical (unpaired) electrons. The molecule has 0 saturated carbocycles. The van der Waals surface area contributed by atoms with Gasteiger partial charge in [0, 0.05) is 16.9 Å². The van der Waals surface area contributed by atoms with Crippen LogP contribution >= 0.6 is 8.58 Å². The van der Waals surface area contributed by atoms with E-state index >= 15 is 0 Å². The third-order valence-electron chi connectivity index (χ3n) is 5.77. The molecule has 0 saturated heterocycles. The van der Waals surface area contributed by atoms with Crippen LogP contribution in [0.1, 0.15) is 64.2 Å². The molecule has 0 spiro atoms. The van der Waals surface area contributed by atoms with Crippen LogP contribution < -0.4 is 10.0 Å². The topological polar surface area (TPSA) is 21.6 Å². The van der Waals surface area contributed by atoms with Crippen LogP contribution in [-0.2, 0) is 11.8 Å². The van der Waals surface area contributed by atoms with E-state index in [-0.39, 0.29) is 10.7 Å². The second kappa shape index (κ2) is 10.9. The Morgan fingerprint density at radius 3 is 2.12 bits per heavy atom. The summed E-state index contributed by atoms with van der Waals surface area (Å²) in [5.41, 5.74) is 3.63. The molecule has 168 valence electrons. The average Bonchev–Trinajstić information content (AvgIpc) is 2.81. The van der Waals surface area contributed by atoms with Crippen molar-refractivity contribution in [2.75, 3.05) is 0 Å². The first-order chi connectivity index (χ1) is 15.4. The van der Waals surface area contributed by atoms with Crippen LogP contribution in [0.25, 0.3) is 0 Å². The van der Waals surface area contributed by atoms with Gasteiger partial charge in [0.25, 0.3) is 0 Å². The number of hydrogen-bond acceptors (Lipinski definition) is 2. The summed E-state index contributed by atoms with van der Waals surface area (Å²) in [5, 5.41) is 1.39. The molecule has 0 N–H and O–H groups in total. The number of para-hydroxylation sites is 1. The summed E-state index contributed by atoms with van der Waals surface area (Å²) in [6.45, 7) is 11.6. The van der Waals surface area contributed by atoms with Gasteiger partial charge in [-0.2, -0.15) is 0 Å². The molecule has 0 aromatic heterocycles. The van der Waals surface area contributed by atoms with Gasteiger partial charge in [-0.3, -0.25) is 4.99 Å². The Bertz CT molecular complexity index is 1020. The number of benzene rings is 3. The Labute approximate surface area is 195 Å². The van der Waals surface area contributed by atoms with Gasteiger partial charge in [0.2, 0.25) is 0 Å². The van der Waals surface area contributed by atoms with Crippen molar-refractivity contribution in [1.29, 1.82) is 0 Å². The predicted molar refractivity (Wildman–Crippen MR) is 141 cm³/mol. The van der Waals surface area contributed by atoms with E-state index in [1.54, 1.807) is 0 Å². The van der Waals surface area contributed by atoms with E-state index < -0.39 is 0 Å². The van der Waals surface area contributed by atoms with Gasteiger partial charge in [-0.25, -0.2) is 0 Å². The van der Waals surface area contributed by atoms with E-state index in [9.17, 15) is 0 Å². The van der Waals surface area contributed by atoms with Gasteiger partial charge in [0.15, 0.2) is 0 Å². The summed E-state index contributed by atoms with van der Waals surface area (Å²) in [6, 6.07) is 27.7. The monoisotopic (exact) mass is 445 g/mol. The third-order valence-corrected chi connectivity index (χ3v) is 7.95. The van der Waals surface area contributed by atoms with E-state index in [0.29, 0.717) is 15.2 Å². The van der Waals surface area contributed by atoms with Crippen molar-refractivity contribution < 1.29 is 4.74 Å². The minimum absolute atomic E-state index is 0.0267. The van der Waals surface area contributed by atoms with Crippen molar-refractivity contribution in [1.82, 2.24) is 0 Å². The van der Waals surface area contributed by atoms with Crippen LogP contribution in [0, 0.1) is 0 Å². The van der Waals surface area contributed by atoms with Crippen molar-refractivity contribution in [2.24, 2.45) is 4.99 Å². The van der Waals surface area contributed by atoms with E-state index in [1.807, 2.05) is 6.07 Å². The molecule has 0 heterocycles. The Kier molecular flexibility index (Phi) is 8.26. The molecule has 3 rings (SSSR count). The fourth-order valence-electron chi connectivity index (χ4n) is 3.84. The second-order valence-electron chi connectivity index (χ2n) is 9.20. The molecule has 0 aliphatic carbocycles. The zero-order valence-corrected chi connectivity index (χ0v) is 21.1. The van der Waals surface area contributed by atoms with E-state index in [1.165, 1.54) is 22.0 Å². The largest absolute Gasteiger partial charge is 0.489 e. The minimum Gasteiger partial charge on any atom is -0.489 e. The first-order valence-corrected chi connectivity index (χ1v) is 12.6. The van der Waals surface area contributed by atoms with Gasteiger partial charge in [0.05, 0.1) is 5.54 Å². The molecule has 0 bridgehead atoms. The smallest absolute Gasteiger partial charge is 0.123 e. The molecule has 0 fully saturated rings. The lowest BCUT2D eigenvalue weighted by molar-refractivity contribution is 0.298. The van der Waals surface area contributed by atoms with Gasteiger partial charge < -0.3 is 4.74 Å². The highest BCUT2D eigenvalue weighted by Crippen LogP contribution is 2.50. The van der Waals surface area contributed by atoms with Crippen LogP contribution in [0.5, 0.6) is 5.75 Å². The molecule has 32 heavy (non-hydrogen) atoms. The fraction of sp³-hybridized carbons (Fsp3) is 0.345. The highest BCUT2D eigenvalue weighted by Gasteiger charge is 2.32. The molecule has 0 aliphatic heterocycles. The fourth-order valence-corrected chi connectivity index (χ4v) is 5.52. The number of ether oxygens (including phenoxy) is 1. The standard InChI is InChI=1S/C29H36NOP/c1-6-29(7-2,32-27-20-14-11-17-24(27)21-30-28(3,4)5)25-18-12-13-19-26(25)31-22-23-15-9-8-10-16-23/h8-21,32H,6-7,22H2,1-5H3. The summed E-state index contributed by atoms with van der Waals surface area (Å²) in [5.74, 6) is 0.994.